The Bertz CT molecular complexity index is 898. The van der Waals surface area contributed by atoms with E-state index in [1.54, 1.807) is 0 Å². The van der Waals surface area contributed by atoms with Crippen molar-refractivity contribution in [2.45, 2.75) is 0 Å². The molecule has 0 saturated carbocycles. The Labute approximate surface area is 138 Å². The summed E-state index contributed by atoms with van der Waals surface area (Å²) in [6, 6.07) is 5.53. The van der Waals surface area contributed by atoms with Crippen molar-refractivity contribution in [3.05, 3.63) is 79.9 Å². The molecule has 8 nitrogen and oxygen atoms in total. The van der Waals surface area contributed by atoms with Gasteiger partial charge in [0.15, 0.2) is 0 Å². The van der Waals surface area contributed by atoms with Crippen molar-refractivity contribution in [3.63, 3.8) is 0 Å². The molecule has 0 heterocycles. The predicted octanol–water partition coefficient (Wildman–Crippen LogP) is 3.40. The molecule has 2 aromatic carbocycles. The second-order valence-corrected chi connectivity index (χ2v) is 4.59. The SMILES string of the molecule is O=C(C=Cc1ccc(F)c([N+](=O)[O-])c1)Oc1ccc(F)c([N+](=O)[O-])c1. The molecule has 0 N–H and O–H groups in total. The average molecular weight is 350 g/mol. The van der Waals surface area contributed by atoms with Crippen LogP contribution in [0, 0.1) is 31.9 Å². The summed E-state index contributed by atoms with van der Waals surface area (Å²) in [6.07, 6.45) is 2.01. The van der Waals surface area contributed by atoms with Gasteiger partial charge in [-0.25, -0.2) is 4.79 Å². The van der Waals surface area contributed by atoms with Crippen molar-refractivity contribution in [1.29, 1.82) is 0 Å². The molecule has 10 heteroatoms. The van der Waals surface area contributed by atoms with Crippen LogP contribution >= 0.6 is 0 Å². The third kappa shape index (κ3) is 4.41. The molecule has 0 unspecified atom stereocenters. The quantitative estimate of drug-likeness (QED) is 0.268. The molecule has 128 valence electrons. The first-order chi connectivity index (χ1) is 11.8. The van der Waals surface area contributed by atoms with Gasteiger partial charge in [0.1, 0.15) is 5.75 Å². The van der Waals surface area contributed by atoms with Crippen molar-refractivity contribution in [3.8, 4) is 5.75 Å². The zero-order valence-corrected chi connectivity index (χ0v) is 12.2. The molecular weight excluding hydrogens is 342 g/mol. The van der Waals surface area contributed by atoms with Crippen LogP contribution in [0.1, 0.15) is 5.56 Å². The van der Waals surface area contributed by atoms with Gasteiger partial charge in [-0.2, -0.15) is 8.78 Å². The number of hydrogen-bond donors (Lipinski definition) is 0. The van der Waals surface area contributed by atoms with E-state index in [0.29, 0.717) is 0 Å². The lowest BCUT2D eigenvalue weighted by Gasteiger charge is -2.01. The van der Waals surface area contributed by atoms with Crippen LogP contribution in [0.4, 0.5) is 20.2 Å². The highest BCUT2D eigenvalue weighted by atomic mass is 19.1. The summed E-state index contributed by atoms with van der Waals surface area (Å²) >= 11 is 0. The van der Waals surface area contributed by atoms with Crippen LogP contribution in [0.15, 0.2) is 42.5 Å². The summed E-state index contributed by atoms with van der Waals surface area (Å²) in [5, 5.41) is 21.2. The fraction of sp³-hybridized carbons (Fsp3) is 0. The number of nitro groups is 2. The fourth-order valence-corrected chi connectivity index (χ4v) is 1.78. The zero-order chi connectivity index (χ0) is 18.6. The van der Waals surface area contributed by atoms with Crippen LogP contribution in [0.2, 0.25) is 0 Å². The molecule has 0 aliphatic carbocycles. The monoisotopic (exact) mass is 350 g/mol. The van der Waals surface area contributed by atoms with Gasteiger partial charge >= 0.3 is 17.3 Å². The van der Waals surface area contributed by atoms with E-state index in [1.807, 2.05) is 0 Å². The normalized spacial score (nSPS) is 10.6. The van der Waals surface area contributed by atoms with Gasteiger partial charge in [-0.3, -0.25) is 20.2 Å². The summed E-state index contributed by atoms with van der Waals surface area (Å²) in [7, 11) is 0. The maximum absolute atomic E-state index is 13.2. The molecule has 2 aromatic rings. The van der Waals surface area contributed by atoms with Crippen LogP contribution in [-0.2, 0) is 4.79 Å². The Morgan fingerprint density at radius 2 is 1.52 bits per heavy atom. The molecule has 0 aliphatic rings. The van der Waals surface area contributed by atoms with Crippen LogP contribution in [0.3, 0.4) is 0 Å². The van der Waals surface area contributed by atoms with Crippen molar-refractivity contribution in [2.24, 2.45) is 0 Å². The minimum absolute atomic E-state index is 0.162. The third-order valence-electron chi connectivity index (χ3n) is 2.91. The summed E-state index contributed by atoms with van der Waals surface area (Å²) in [6.45, 7) is 0. The van der Waals surface area contributed by atoms with Crippen molar-refractivity contribution >= 4 is 23.4 Å². The van der Waals surface area contributed by atoms with Gasteiger partial charge in [-0.15, -0.1) is 0 Å². The van der Waals surface area contributed by atoms with Crippen LogP contribution < -0.4 is 4.74 Å². The topological polar surface area (TPSA) is 113 Å². The van der Waals surface area contributed by atoms with E-state index in [2.05, 4.69) is 0 Å². The van der Waals surface area contributed by atoms with Gasteiger partial charge in [0.2, 0.25) is 11.6 Å². The Morgan fingerprint density at radius 1 is 0.960 bits per heavy atom. The van der Waals surface area contributed by atoms with Gasteiger partial charge in [0, 0.05) is 12.1 Å². The molecular formula is C15H8F2N2O6. The number of carbonyl (C=O) groups excluding carboxylic acids is 1. The number of benzene rings is 2. The van der Waals surface area contributed by atoms with Crippen LogP contribution in [0.25, 0.3) is 6.08 Å². The standard InChI is InChI=1S/C15H8F2N2O6/c16-11-4-1-9(7-13(11)18(21)22)2-6-15(20)25-10-3-5-12(17)14(8-10)19(23)24/h1-8H. The van der Waals surface area contributed by atoms with Gasteiger partial charge in [0.05, 0.1) is 15.9 Å². The first-order valence-electron chi connectivity index (χ1n) is 6.55. The van der Waals surface area contributed by atoms with Crippen LogP contribution in [-0.4, -0.2) is 15.8 Å². The molecule has 0 aliphatic heterocycles. The number of carbonyl (C=O) groups is 1. The number of nitro benzene ring substituents is 2. The highest BCUT2D eigenvalue weighted by Crippen LogP contribution is 2.23. The molecule has 0 amide bonds. The first kappa shape index (κ1) is 17.7. The number of rotatable bonds is 5. The van der Waals surface area contributed by atoms with E-state index < -0.39 is 38.8 Å². The smallest absolute Gasteiger partial charge is 0.336 e. The molecule has 25 heavy (non-hydrogen) atoms. The lowest BCUT2D eigenvalue weighted by atomic mass is 10.2. The summed E-state index contributed by atoms with van der Waals surface area (Å²) in [5.41, 5.74) is -1.46. The van der Waals surface area contributed by atoms with Crippen molar-refractivity contribution in [2.75, 3.05) is 0 Å². The predicted molar refractivity (Wildman–Crippen MR) is 80.8 cm³/mol. The zero-order valence-electron chi connectivity index (χ0n) is 12.2. The molecule has 0 fully saturated rings. The molecule has 0 radical (unpaired) electrons. The Hall–Kier alpha value is -3.69. The van der Waals surface area contributed by atoms with Gasteiger partial charge in [-0.05, 0) is 29.8 Å². The molecule has 0 aromatic heterocycles. The summed E-state index contributed by atoms with van der Waals surface area (Å²) in [5.74, 6) is -3.33. The van der Waals surface area contributed by atoms with E-state index in [0.717, 1.165) is 42.5 Å². The largest absolute Gasteiger partial charge is 0.423 e. The lowest BCUT2D eigenvalue weighted by Crippen LogP contribution is -2.04. The highest BCUT2D eigenvalue weighted by Gasteiger charge is 2.16. The fourth-order valence-electron chi connectivity index (χ4n) is 1.78. The average Bonchev–Trinajstić information content (AvgIpc) is 2.55. The Morgan fingerprint density at radius 3 is 2.12 bits per heavy atom. The van der Waals surface area contributed by atoms with E-state index in [1.165, 1.54) is 6.07 Å². The van der Waals surface area contributed by atoms with Gasteiger partial charge in [0.25, 0.3) is 0 Å². The Kier molecular flexibility index (Phi) is 5.12. The van der Waals surface area contributed by atoms with Gasteiger partial charge < -0.3 is 4.74 Å². The van der Waals surface area contributed by atoms with E-state index in [9.17, 15) is 33.8 Å². The first-order valence-corrected chi connectivity index (χ1v) is 6.55. The maximum Gasteiger partial charge on any atom is 0.336 e. The summed E-state index contributed by atoms with van der Waals surface area (Å²) in [4.78, 5) is 31.0. The number of ether oxygens (including phenoxy) is 1. The third-order valence-corrected chi connectivity index (χ3v) is 2.91. The number of esters is 1. The maximum atomic E-state index is 13.2. The van der Waals surface area contributed by atoms with Gasteiger partial charge in [-0.1, -0.05) is 6.07 Å². The molecule has 0 atom stereocenters. The molecule has 0 spiro atoms. The van der Waals surface area contributed by atoms with Crippen LogP contribution in [0.5, 0.6) is 5.75 Å². The summed E-state index contributed by atoms with van der Waals surface area (Å²) < 4.78 is 31.2. The Balaban J connectivity index is 2.14. The van der Waals surface area contributed by atoms with E-state index in [4.69, 9.17) is 4.74 Å². The lowest BCUT2D eigenvalue weighted by molar-refractivity contribution is -0.387. The molecule has 2 rings (SSSR count). The number of hydrogen-bond acceptors (Lipinski definition) is 6. The molecule has 0 bridgehead atoms. The number of nitrogens with zero attached hydrogens (tertiary/aromatic N) is 2. The minimum atomic E-state index is -1.08. The second kappa shape index (κ2) is 7.25. The van der Waals surface area contributed by atoms with E-state index in [-0.39, 0.29) is 11.3 Å². The molecule has 0 saturated heterocycles. The second-order valence-electron chi connectivity index (χ2n) is 4.59. The van der Waals surface area contributed by atoms with Crippen molar-refractivity contribution < 1.29 is 28.2 Å². The van der Waals surface area contributed by atoms with Crippen molar-refractivity contribution in [1.82, 2.24) is 0 Å². The number of halogens is 2. The minimum Gasteiger partial charge on any atom is -0.423 e. The highest BCUT2D eigenvalue weighted by molar-refractivity contribution is 5.88. The van der Waals surface area contributed by atoms with E-state index >= 15 is 0 Å².